The standard InChI is InChI=1S/C13H14N2O4.CH4O/c16-12-9-18-7-5-14(12)10-1-3-11(4-2-10)15-6-8-19-13(15)17;1-2/h1-4H,5-9H2;2H,1H3. The summed E-state index contributed by atoms with van der Waals surface area (Å²) in [6.45, 7) is 2.22. The zero-order chi connectivity index (χ0) is 15.2. The molecule has 2 saturated heterocycles. The second kappa shape index (κ2) is 7.05. The number of aliphatic hydroxyl groups excluding tert-OH is 1. The summed E-state index contributed by atoms with van der Waals surface area (Å²) in [5, 5.41) is 7.00. The molecule has 2 fully saturated rings. The second-order valence-electron chi connectivity index (χ2n) is 4.38. The molecule has 0 aliphatic carbocycles. The molecule has 0 aromatic heterocycles. The lowest BCUT2D eigenvalue weighted by Gasteiger charge is -2.27. The molecule has 1 aromatic carbocycles. The number of hydrogen-bond donors (Lipinski definition) is 1. The lowest BCUT2D eigenvalue weighted by atomic mass is 10.2. The predicted molar refractivity (Wildman–Crippen MR) is 76.5 cm³/mol. The molecule has 1 N–H and O–H groups in total. The van der Waals surface area contributed by atoms with Crippen LogP contribution in [0.3, 0.4) is 0 Å². The molecule has 3 rings (SSSR count). The number of nitrogens with zero attached hydrogens (tertiary/aromatic N) is 2. The van der Waals surface area contributed by atoms with E-state index in [0.717, 1.165) is 18.5 Å². The van der Waals surface area contributed by atoms with Gasteiger partial charge < -0.3 is 19.5 Å². The van der Waals surface area contributed by atoms with Crippen molar-refractivity contribution in [2.75, 3.05) is 49.8 Å². The number of anilines is 2. The van der Waals surface area contributed by atoms with Gasteiger partial charge in [-0.25, -0.2) is 4.79 Å². The van der Waals surface area contributed by atoms with Gasteiger partial charge in [-0.05, 0) is 24.3 Å². The summed E-state index contributed by atoms with van der Waals surface area (Å²) in [4.78, 5) is 26.4. The Morgan fingerprint density at radius 3 is 2.05 bits per heavy atom. The highest BCUT2D eigenvalue weighted by atomic mass is 16.6. The molecule has 7 nitrogen and oxygen atoms in total. The highest BCUT2D eigenvalue weighted by Crippen LogP contribution is 2.23. The van der Waals surface area contributed by atoms with Crippen molar-refractivity contribution in [3.8, 4) is 0 Å². The smallest absolute Gasteiger partial charge is 0.414 e. The molecule has 0 atom stereocenters. The molecule has 0 saturated carbocycles. The van der Waals surface area contributed by atoms with Gasteiger partial charge in [-0.2, -0.15) is 0 Å². The Morgan fingerprint density at radius 1 is 0.952 bits per heavy atom. The zero-order valence-electron chi connectivity index (χ0n) is 11.8. The fraction of sp³-hybridized carbons (Fsp3) is 0.429. The average molecular weight is 294 g/mol. The average Bonchev–Trinajstić information content (AvgIpc) is 2.96. The summed E-state index contributed by atoms with van der Waals surface area (Å²) < 4.78 is 9.98. The Hall–Kier alpha value is -2.12. The lowest BCUT2D eigenvalue weighted by Crippen LogP contribution is -2.41. The summed E-state index contributed by atoms with van der Waals surface area (Å²) in [6.07, 6.45) is -0.324. The molecule has 0 radical (unpaired) electrons. The maximum atomic E-state index is 11.7. The highest BCUT2D eigenvalue weighted by Gasteiger charge is 2.24. The summed E-state index contributed by atoms with van der Waals surface area (Å²) >= 11 is 0. The summed E-state index contributed by atoms with van der Waals surface area (Å²) in [7, 11) is 1.00. The molecule has 0 unspecified atom stereocenters. The largest absolute Gasteiger partial charge is 0.447 e. The van der Waals surface area contributed by atoms with Gasteiger partial charge in [-0.1, -0.05) is 0 Å². The molecule has 114 valence electrons. The van der Waals surface area contributed by atoms with Crippen LogP contribution in [0.15, 0.2) is 24.3 Å². The number of benzene rings is 1. The van der Waals surface area contributed by atoms with E-state index in [1.807, 2.05) is 24.3 Å². The normalized spacial score (nSPS) is 18.2. The predicted octanol–water partition coefficient (Wildman–Crippen LogP) is 0.615. The van der Waals surface area contributed by atoms with Crippen LogP contribution in [0.4, 0.5) is 16.2 Å². The molecule has 2 aliphatic rings. The minimum atomic E-state index is -0.324. The maximum absolute atomic E-state index is 11.7. The number of amides is 2. The zero-order valence-corrected chi connectivity index (χ0v) is 11.8. The molecular formula is C14H18N2O5. The lowest BCUT2D eigenvalue weighted by molar-refractivity contribution is -0.125. The summed E-state index contributed by atoms with van der Waals surface area (Å²) in [6, 6.07) is 7.32. The number of carbonyl (C=O) groups is 2. The van der Waals surface area contributed by atoms with Crippen LogP contribution >= 0.6 is 0 Å². The number of aliphatic hydroxyl groups is 1. The van der Waals surface area contributed by atoms with Crippen molar-refractivity contribution in [3.05, 3.63) is 24.3 Å². The van der Waals surface area contributed by atoms with Gasteiger partial charge in [0, 0.05) is 25.0 Å². The van der Waals surface area contributed by atoms with Gasteiger partial charge in [0.15, 0.2) is 0 Å². The first kappa shape index (κ1) is 15.3. The van der Waals surface area contributed by atoms with E-state index < -0.39 is 0 Å². The number of ether oxygens (including phenoxy) is 2. The molecule has 0 bridgehead atoms. The van der Waals surface area contributed by atoms with E-state index in [4.69, 9.17) is 14.6 Å². The van der Waals surface area contributed by atoms with Gasteiger partial charge in [-0.15, -0.1) is 0 Å². The van der Waals surface area contributed by atoms with E-state index in [0.29, 0.717) is 26.3 Å². The SMILES string of the molecule is CO.O=C1COCCN1c1ccc(N2CCOC2=O)cc1. The van der Waals surface area contributed by atoms with Crippen LogP contribution in [-0.4, -0.2) is 57.1 Å². The van der Waals surface area contributed by atoms with Crippen LogP contribution in [0.2, 0.25) is 0 Å². The Balaban J connectivity index is 0.000000774. The minimum absolute atomic E-state index is 0.0421. The van der Waals surface area contributed by atoms with E-state index in [-0.39, 0.29) is 18.6 Å². The fourth-order valence-electron chi connectivity index (χ4n) is 2.23. The third kappa shape index (κ3) is 3.32. The topological polar surface area (TPSA) is 79.3 Å². The molecule has 21 heavy (non-hydrogen) atoms. The minimum Gasteiger partial charge on any atom is -0.447 e. The van der Waals surface area contributed by atoms with E-state index in [1.54, 1.807) is 9.80 Å². The second-order valence-corrected chi connectivity index (χ2v) is 4.38. The summed E-state index contributed by atoms with van der Waals surface area (Å²) in [5.74, 6) is -0.0421. The van der Waals surface area contributed by atoms with Gasteiger partial charge in [0.2, 0.25) is 0 Å². The molecule has 2 heterocycles. The van der Waals surface area contributed by atoms with E-state index in [1.165, 1.54) is 0 Å². The van der Waals surface area contributed by atoms with Crippen molar-refractivity contribution >= 4 is 23.4 Å². The van der Waals surface area contributed by atoms with Gasteiger partial charge in [-0.3, -0.25) is 9.69 Å². The van der Waals surface area contributed by atoms with Crippen LogP contribution < -0.4 is 9.80 Å². The van der Waals surface area contributed by atoms with E-state index in [9.17, 15) is 9.59 Å². The number of hydrogen-bond acceptors (Lipinski definition) is 5. The van der Waals surface area contributed by atoms with Crippen molar-refractivity contribution in [2.45, 2.75) is 0 Å². The Kier molecular flexibility index (Phi) is 5.13. The van der Waals surface area contributed by atoms with Crippen LogP contribution in [0.5, 0.6) is 0 Å². The first-order chi connectivity index (χ1) is 10.3. The third-order valence-electron chi connectivity index (χ3n) is 3.22. The molecule has 1 aromatic rings. The van der Waals surface area contributed by atoms with Crippen molar-refractivity contribution in [2.24, 2.45) is 0 Å². The van der Waals surface area contributed by atoms with Gasteiger partial charge in [0.25, 0.3) is 5.91 Å². The van der Waals surface area contributed by atoms with Gasteiger partial charge in [0.1, 0.15) is 13.2 Å². The monoisotopic (exact) mass is 294 g/mol. The number of rotatable bonds is 2. The number of carbonyl (C=O) groups excluding carboxylic acids is 2. The Labute approximate surface area is 122 Å². The first-order valence-corrected chi connectivity index (χ1v) is 6.63. The summed E-state index contributed by atoms with van der Waals surface area (Å²) in [5.41, 5.74) is 1.61. The third-order valence-corrected chi connectivity index (χ3v) is 3.22. The molecule has 2 amide bonds. The van der Waals surface area contributed by atoms with Crippen LogP contribution in [-0.2, 0) is 14.3 Å². The van der Waals surface area contributed by atoms with Crippen molar-refractivity contribution in [1.29, 1.82) is 0 Å². The van der Waals surface area contributed by atoms with Crippen LogP contribution in [0.25, 0.3) is 0 Å². The Morgan fingerprint density at radius 2 is 1.52 bits per heavy atom. The fourth-order valence-corrected chi connectivity index (χ4v) is 2.23. The van der Waals surface area contributed by atoms with Crippen molar-refractivity contribution in [3.63, 3.8) is 0 Å². The number of cyclic esters (lactones) is 1. The molecular weight excluding hydrogens is 276 g/mol. The quantitative estimate of drug-likeness (QED) is 0.864. The molecule has 2 aliphatic heterocycles. The molecule has 7 heteroatoms. The van der Waals surface area contributed by atoms with Gasteiger partial charge in [0.05, 0.1) is 13.2 Å². The van der Waals surface area contributed by atoms with Crippen molar-refractivity contribution < 1.29 is 24.2 Å². The highest BCUT2D eigenvalue weighted by molar-refractivity contribution is 5.95. The maximum Gasteiger partial charge on any atom is 0.414 e. The first-order valence-electron chi connectivity index (χ1n) is 6.63. The van der Waals surface area contributed by atoms with E-state index in [2.05, 4.69) is 0 Å². The molecule has 0 spiro atoms. The van der Waals surface area contributed by atoms with Crippen molar-refractivity contribution in [1.82, 2.24) is 0 Å². The Bertz CT molecular complexity index is 503. The van der Waals surface area contributed by atoms with E-state index >= 15 is 0 Å². The number of morpholine rings is 1. The van der Waals surface area contributed by atoms with Crippen LogP contribution in [0, 0.1) is 0 Å². The van der Waals surface area contributed by atoms with Crippen LogP contribution in [0.1, 0.15) is 0 Å². The van der Waals surface area contributed by atoms with Gasteiger partial charge >= 0.3 is 6.09 Å².